The van der Waals surface area contributed by atoms with Crippen molar-refractivity contribution in [1.29, 1.82) is 0 Å². The minimum atomic E-state index is -0.623. The summed E-state index contributed by atoms with van der Waals surface area (Å²) in [4.78, 5) is 12.2. The highest BCUT2D eigenvalue weighted by Crippen LogP contribution is 2.30. The standard InChI is InChI=1S/C15H29NO3S/c1-6-19-14(18)15(5,16-13-7-8-13)9-10(2)20-12(4)11(3)17/h10-13,16-17H,6-9H2,1-5H3. The number of carbonyl (C=O) groups excluding carboxylic acids is 1. The molecule has 0 aliphatic heterocycles. The highest BCUT2D eigenvalue weighted by molar-refractivity contribution is 8.00. The fourth-order valence-corrected chi connectivity index (χ4v) is 3.66. The van der Waals surface area contributed by atoms with Crippen molar-refractivity contribution in [3.8, 4) is 0 Å². The van der Waals surface area contributed by atoms with Crippen LogP contribution in [0.5, 0.6) is 0 Å². The van der Waals surface area contributed by atoms with E-state index in [2.05, 4.69) is 12.2 Å². The largest absolute Gasteiger partial charge is 0.465 e. The van der Waals surface area contributed by atoms with Crippen molar-refractivity contribution in [3.05, 3.63) is 0 Å². The second-order valence-corrected chi connectivity index (χ2v) is 7.89. The molecule has 1 rings (SSSR count). The Morgan fingerprint density at radius 1 is 1.45 bits per heavy atom. The fourth-order valence-electron chi connectivity index (χ4n) is 2.27. The Bertz CT molecular complexity index is 320. The van der Waals surface area contributed by atoms with Crippen molar-refractivity contribution in [3.63, 3.8) is 0 Å². The van der Waals surface area contributed by atoms with Crippen LogP contribution in [0.1, 0.15) is 53.9 Å². The molecule has 0 spiro atoms. The van der Waals surface area contributed by atoms with Gasteiger partial charge >= 0.3 is 5.97 Å². The molecule has 20 heavy (non-hydrogen) atoms. The van der Waals surface area contributed by atoms with Crippen LogP contribution in [0.25, 0.3) is 0 Å². The Kier molecular flexibility index (Phi) is 6.82. The molecule has 0 bridgehead atoms. The molecule has 0 saturated heterocycles. The average molecular weight is 303 g/mol. The summed E-state index contributed by atoms with van der Waals surface area (Å²) in [6.07, 6.45) is 2.65. The summed E-state index contributed by atoms with van der Waals surface area (Å²) in [6.45, 7) is 10.1. The summed E-state index contributed by atoms with van der Waals surface area (Å²) < 4.78 is 5.23. The van der Waals surface area contributed by atoms with Gasteiger partial charge in [0, 0.05) is 16.5 Å². The van der Waals surface area contributed by atoms with Gasteiger partial charge in [0.05, 0.1) is 12.7 Å². The molecule has 0 radical (unpaired) electrons. The average Bonchev–Trinajstić information content (AvgIpc) is 3.12. The molecule has 2 N–H and O–H groups in total. The van der Waals surface area contributed by atoms with E-state index in [4.69, 9.17) is 4.74 Å². The van der Waals surface area contributed by atoms with E-state index in [-0.39, 0.29) is 22.6 Å². The van der Waals surface area contributed by atoms with Crippen molar-refractivity contribution < 1.29 is 14.6 Å². The second kappa shape index (κ2) is 7.66. The topological polar surface area (TPSA) is 58.6 Å². The number of hydrogen-bond donors (Lipinski definition) is 2. The van der Waals surface area contributed by atoms with E-state index >= 15 is 0 Å². The Morgan fingerprint density at radius 2 is 2.05 bits per heavy atom. The molecule has 0 heterocycles. The van der Waals surface area contributed by atoms with Crippen LogP contribution < -0.4 is 5.32 Å². The molecule has 118 valence electrons. The maximum absolute atomic E-state index is 12.2. The summed E-state index contributed by atoms with van der Waals surface area (Å²) in [6, 6.07) is 0.454. The lowest BCUT2D eigenvalue weighted by molar-refractivity contribution is -0.150. The first-order valence-electron chi connectivity index (χ1n) is 7.57. The monoisotopic (exact) mass is 303 g/mol. The van der Waals surface area contributed by atoms with Gasteiger partial charge in [0.2, 0.25) is 0 Å². The zero-order valence-corrected chi connectivity index (χ0v) is 14.1. The van der Waals surface area contributed by atoms with Crippen LogP contribution in [0, 0.1) is 0 Å². The molecule has 1 aliphatic rings. The van der Waals surface area contributed by atoms with E-state index in [9.17, 15) is 9.90 Å². The van der Waals surface area contributed by atoms with Crippen molar-refractivity contribution in [2.45, 2.75) is 82.1 Å². The molecule has 0 aromatic rings. The molecule has 1 aliphatic carbocycles. The van der Waals surface area contributed by atoms with Crippen molar-refractivity contribution in [1.82, 2.24) is 5.32 Å². The van der Waals surface area contributed by atoms with Crippen LogP contribution >= 0.6 is 11.8 Å². The first kappa shape index (κ1) is 17.8. The van der Waals surface area contributed by atoms with E-state index in [1.807, 2.05) is 20.8 Å². The summed E-state index contributed by atoms with van der Waals surface area (Å²) in [7, 11) is 0. The molecular formula is C15H29NO3S. The van der Waals surface area contributed by atoms with Crippen LogP contribution in [0.3, 0.4) is 0 Å². The zero-order chi connectivity index (χ0) is 15.3. The molecule has 4 unspecified atom stereocenters. The van der Waals surface area contributed by atoms with E-state index in [1.54, 1.807) is 18.7 Å². The predicted octanol–water partition coefficient (Wildman–Crippen LogP) is 2.34. The summed E-state index contributed by atoms with van der Waals surface area (Å²) >= 11 is 1.72. The highest BCUT2D eigenvalue weighted by atomic mass is 32.2. The molecule has 4 nitrogen and oxygen atoms in total. The third-order valence-corrected chi connectivity index (χ3v) is 5.10. The number of esters is 1. The first-order valence-corrected chi connectivity index (χ1v) is 8.51. The molecule has 0 aromatic heterocycles. The minimum absolute atomic E-state index is 0.163. The van der Waals surface area contributed by atoms with Gasteiger partial charge in [0.1, 0.15) is 5.54 Å². The maximum atomic E-state index is 12.2. The number of aliphatic hydroxyl groups excluding tert-OH is 1. The smallest absolute Gasteiger partial charge is 0.326 e. The van der Waals surface area contributed by atoms with Gasteiger partial charge in [-0.15, -0.1) is 0 Å². The van der Waals surface area contributed by atoms with Gasteiger partial charge in [0.15, 0.2) is 0 Å². The van der Waals surface area contributed by atoms with Gasteiger partial charge < -0.3 is 9.84 Å². The molecule has 0 amide bonds. The van der Waals surface area contributed by atoms with Gasteiger partial charge in [-0.1, -0.05) is 13.8 Å². The second-order valence-electron chi connectivity index (χ2n) is 6.07. The van der Waals surface area contributed by atoms with Crippen molar-refractivity contribution in [2.24, 2.45) is 0 Å². The molecule has 4 atom stereocenters. The van der Waals surface area contributed by atoms with Gasteiger partial charge in [-0.05, 0) is 40.0 Å². The van der Waals surface area contributed by atoms with Crippen LogP contribution in [0.2, 0.25) is 0 Å². The van der Waals surface area contributed by atoms with Gasteiger partial charge in [-0.2, -0.15) is 11.8 Å². The van der Waals surface area contributed by atoms with Crippen molar-refractivity contribution >= 4 is 17.7 Å². The van der Waals surface area contributed by atoms with Crippen molar-refractivity contribution in [2.75, 3.05) is 6.61 Å². The van der Waals surface area contributed by atoms with Crippen LogP contribution in [0.4, 0.5) is 0 Å². The lowest BCUT2D eigenvalue weighted by atomic mass is 9.95. The fraction of sp³-hybridized carbons (Fsp3) is 0.933. The zero-order valence-electron chi connectivity index (χ0n) is 13.3. The number of thioether (sulfide) groups is 1. The number of nitrogens with one attached hydrogen (secondary N) is 1. The van der Waals surface area contributed by atoms with Crippen LogP contribution in [-0.2, 0) is 9.53 Å². The first-order chi connectivity index (χ1) is 9.28. The number of carbonyl (C=O) groups is 1. The maximum Gasteiger partial charge on any atom is 0.326 e. The normalized spacial score (nSPS) is 22.7. The van der Waals surface area contributed by atoms with Gasteiger partial charge in [-0.3, -0.25) is 10.1 Å². The van der Waals surface area contributed by atoms with Gasteiger partial charge in [0.25, 0.3) is 0 Å². The summed E-state index contributed by atoms with van der Waals surface area (Å²) in [5.41, 5.74) is -0.623. The summed E-state index contributed by atoms with van der Waals surface area (Å²) in [5, 5.41) is 13.5. The lowest BCUT2D eigenvalue weighted by Gasteiger charge is -2.32. The number of aliphatic hydroxyl groups is 1. The Morgan fingerprint density at radius 3 is 2.50 bits per heavy atom. The van der Waals surface area contributed by atoms with Gasteiger partial charge in [-0.25, -0.2) is 0 Å². The number of rotatable bonds is 9. The molecule has 1 saturated carbocycles. The van der Waals surface area contributed by atoms with E-state index < -0.39 is 5.54 Å². The Balaban J connectivity index is 2.60. The quantitative estimate of drug-likeness (QED) is 0.640. The Labute approximate surface area is 127 Å². The lowest BCUT2D eigenvalue weighted by Crippen LogP contribution is -2.53. The highest BCUT2D eigenvalue weighted by Gasteiger charge is 2.40. The molecule has 5 heteroatoms. The van der Waals surface area contributed by atoms with E-state index in [1.165, 1.54) is 0 Å². The van der Waals surface area contributed by atoms with Crippen LogP contribution in [0.15, 0.2) is 0 Å². The predicted molar refractivity (Wildman–Crippen MR) is 84.0 cm³/mol. The summed E-state index contributed by atoms with van der Waals surface area (Å²) in [5.74, 6) is -0.163. The van der Waals surface area contributed by atoms with E-state index in [0.29, 0.717) is 19.1 Å². The van der Waals surface area contributed by atoms with Crippen LogP contribution in [-0.4, -0.2) is 45.9 Å². The minimum Gasteiger partial charge on any atom is -0.465 e. The SMILES string of the molecule is CCOC(=O)C(C)(CC(C)SC(C)C(C)O)NC1CC1. The number of ether oxygens (including phenoxy) is 1. The molecular weight excluding hydrogens is 274 g/mol. The third kappa shape index (κ3) is 5.62. The Hall–Kier alpha value is -0.260. The molecule has 1 fully saturated rings. The molecule has 0 aromatic carbocycles. The van der Waals surface area contributed by atoms with E-state index in [0.717, 1.165) is 12.8 Å². The third-order valence-electron chi connectivity index (χ3n) is 3.65. The number of hydrogen-bond acceptors (Lipinski definition) is 5.